The van der Waals surface area contributed by atoms with E-state index in [1.807, 2.05) is 31.6 Å². The number of imidazole rings is 1. The Morgan fingerprint density at radius 1 is 1.28 bits per heavy atom. The van der Waals surface area contributed by atoms with Crippen LogP contribution in [0, 0.1) is 12.8 Å². The molecule has 2 heterocycles. The molecule has 0 atom stereocenters. The molecule has 1 N–H and O–H groups in total. The number of aryl methyl sites for hydroxylation is 1. The van der Waals surface area contributed by atoms with Gasteiger partial charge in [0.05, 0.1) is 0 Å². The van der Waals surface area contributed by atoms with Gasteiger partial charge in [0.2, 0.25) is 5.95 Å². The average molecular weight is 244 g/mol. The summed E-state index contributed by atoms with van der Waals surface area (Å²) in [6.45, 7) is 8.13. The van der Waals surface area contributed by atoms with Crippen LogP contribution < -0.4 is 5.32 Å². The summed E-state index contributed by atoms with van der Waals surface area (Å²) >= 11 is 0. The quantitative estimate of drug-likeness (QED) is 0.879. The fourth-order valence-corrected chi connectivity index (χ4v) is 1.80. The molecule has 0 fully saturated rings. The number of hydrogen-bond donors (Lipinski definition) is 1. The van der Waals surface area contributed by atoms with Crippen LogP contribution in [-0.2, 0) is 13.1 Å². The maximum Gasteiger partial charge on any atom is 0.203 e. The highest BCUT2D eigenvalue weighted by molar-refractivity contribution is 5.28. The second-order valence-electron chi connectivity index (χ2n) is 4.96. The molecule has 0 aliphatic carbocycles. The largest absolute Gasteiger partial charge is 0.352 e. The zero-order valence-electron chi connectivity index (χ0n) is 11.2. The Labute approximate surface area is 108 Å². The summed E-state index contributed by atoms with van der Waals surface area (Å²) in [4.78, 5) is 8.62. The molecule has 0 aliphatic rings. The lowest BCUT2D eigenvalue weighted by Gasteiger charge is -2.11. The third kappa shape index (κ3) is 3.32. The third-order valence-electron chi connectivity index (χ3n) is 2.70. The van der Waals surface area contributed by atoms with Crippen molar-refractivity contribution in [3.8, 4) is 0 Å². The first-order chi connectivity index (χ1) is 8.65. The van der Waals surface area contributed by atoms with Crippen LogP contribution in [0.4, 0.5) is 5.95 Å². The molecular formula is C14H20N4. The highest BCUT2D eigenvalue weighted by Gasteiger charge is 2.04. The number of hydrogen-bond acceptors (Lipinski definition) is 3. The number of rotatable bonds is 5. The van der Waals surface area contributed by atoms with Gasteiger partial charge in [0.15, 0.2) is 0 Å². The molecule has 0 aliphatic heterocycles. The van der Waals surface area contributed by atoms with Gasteiger partial charge in [0, 0.05) is 37.4 Å². The molecule has 18 heavy (non-hydrogen) atoms. The maximum atomic E-state index is 4.33. The molecular weight excluding hydrogens is 224 g/mol. The first-order valence-electron chi connectivity index (χ1n) is 6.31. The van der Waals surface area contributed by atoms with Gasteiger partial charge in [0.25, 0.3) is 0 Å². The monoisotopic (exact) mass is 244 g/mol. The fraction of sp³-hybridized carbons (Fsp3) is 0.429. The first-order valence-corrected chi connectivity index (χ1v) is 6.31. The van der Waals surface area contributed by atoms with E-state index in [-0.39, 0.29) is 0 Å². The van der Waals surface area contributed by atoms with Gasteiger partial charge >= 0.3 is 0 Å². The van der Waals surface area contributed by atoms with Crippen LogP contribution in [-0.4, -0.2) is 14.5 Å². The van der Waals surface area contributed by atoms with E-state index in [1.54, 1.807) is 0 Å². The fourth-order valence-electron chi connectivity index (χ4n) is 1.80. The number of nitrogens with zero attached hydrogens (tertiary/aromatic N) is 3. The summed E-state index contributed by atoms with van der Waals surface area (Å²) in [5.74, 6) is 1.53. The molecule has 0 saturated heterocycles. The van der Waals surface area contributed by atoms with Crippen molar-refractivity contribution in [3.63, 3.8) is 0 Å². The second kappa shape index (κ2) is 5.67. The summed E-state index contributed by atoms with van der Waals surface area (Å²) in [7, 11) is 0. The van der Waals surface area contributed by atoms with Gasteiger partial charge in [-0.2, -0.15) is 0 Å². The van der Waals surface area contributed by atoms with Crippen LogP contribution in [0.1, 0.15) is 25.1 Å². The normalized spacial score (nSPS) is 10.9. The van der Waals surface area contributed by atoms with Gasteiger partial charge in [-0.05, 0) is 24.5 Å². The van der Waals surface area contributed by atoms with Crippen LogP contribution >= 0.6 is 0 Å². The van der Waals surface area contributed by atoms with Crippen molar-refractivity contribution in [1.82, 2.24) is 14.5 Å². The molecule has 0 amide bonds. The summed E-state index contributed by atoms with van der Waals surface area (Å²) in [6.07, 6.45) is 5.74. The maximum absolute atomic E-state index is 4.33. The number of nitrogens with one attached hydrogen (secondary N) is 1. The van der Waals surface area contributed by atoms with E-state index in [2.05, 4.69) is 39.8 Å². The average Bonchev–Trinajstić information content (AvgIpc) is 2.75. The van der Waals surface area contributed by atoms with Crippen molar-refractivity contribution in [2.45, 2.75) is 33.9 Å². The first kappa shape index (κ1) is 12.6. The number of anilines is 1. The molecule has 4 nitrogen and oxygen atoms in total. The van der Waals surface area contributed by atoms with Gasteiger partial charge < -0.3 is 9.88 Å². The lowest BCUT2D eigenvalue weighted by Crippen LogP contribution is -2.10. The lowest BCUT2D eigenvalue weighted by molar-refractivity contribution is 0.526. The van der Waals surface area contributed by atoms with Gasteiger partial charge in [0.1, 0.15) is 0 Å². The lowest BCUT2D eigenvalue weighted by atomic mass is 10.2. The zero-order valence-corrected chi connectivity index (χ0v) is 11.2. The Morgan fingerprint density at radius 2 is 2.11 bits per heavy atom. The van der Waals surface area contributed by atoms with E-state index in [1.165, 1.54) is 5.56 Å². The minimum absolute atomic E-state index is 0.612. The van der Waals surface area contributed by atoms with Crippen molar-refractivity contribution >= 4 is 5.95 Å². The topological polar surface area (TPSA) is 42.7 Å². The highest BCUT2D eigenvalue weighted by Crippen LogP contribution is 2.10. The van der Waals surface area contributed by atoms with E-state index in [4.69, 9.17) is 0 Å². The Balaban J connectivity index is 1.97. The molecule has 4 heteroatoms. The summed E-state index contributed by atoms with van der Waals surface area (Å²) in [5.41, 5.74) is 2.21. The Hall–Kier alpha value is -1.84. The number of aromatic nitrogens is 3. The van der Waals surface area contributed by atoms with Crippen LogP contribution in [0.5, 0.6) is 0 Å². The Morgan fingerprint density at radius 3 is 2.78 bits per heavy atom. The van der Waals surface area contributed by atoms with Crippen molar-refractivity contribution in [1.29, 1.82) is 0 Å². The minimum atomic E-state index is 0.612. The molecule has 2 aromatic rings. The van der Waals surface area contributed by atoms with Crippen LogP contribution in [0.15, 0.2) is 30.7 Å². The van der Waals surface area contributed by atoms with Crippen molar-refractivity contribution in [2.75, 3.05) is 5.32 Å². The zero-order chi connectivity index (χ0) is 13.0. The van der Waals surface area contributed by atoms with Gasteiger partial charge in [-0.1, -0.05) is 19.9 Å². The number of pyridine rings is 1. The second-order valence-corrected chi connectivity index (χ2v) is 4.96. The van der Waals surface area contributed by atoms with Crippen LogP contribution in [0.2, 0.25) is 0 Å². The molecule has 0 saturated carbocycles. The SMILES string of the molecule is Cc1ccc(CNc2nccn2CC(C)C)cn1. The molecule has 2 rings (SSSR count). The molecule has 96 valence electrons. The van der Waals surface area contributed by atoms with Crippen molar-refractivity contribution in [2.24, 2.45) is 5.92 Å². The van der Waals surface area contributed by atoms with Gasteiger partial charge in [-0.15, -0.1) is 0 Å². The van der Waals surface area contributed by atoms with Gasteiger partial charge in [-0.25, -0.2) is 4.98 Å². The van der Waals surface area contributed by atoms with Crippen LogP contribution in [0.25, 0.3) is 0 Å². The molecule has 0 radical (unpaired) electrons. The molecule has 0 spiro atoms. The molecule has 2 aromatic heterocycles. The van der Waals surface area contributed by atoms with Crippen LogP contribution in [0.3, 0.4) is 0 Å². The molecule has 0 aromatic carbocycles. The van der Waals surface area contributed by atoms with Gasteiger partial charge in [-0.3, -0.25) is 4.98 Å². The van der Waals surface area contributed by atoms with E-state index in [9.17, 15) is 0 Å². The van der Waals surface area contributed by atoms with E-state index >= 15 is 0 Å². The predicted molar refractivity (Wildman–Crippen MR) is 73.4 cm³/mol. The summed E-state index contributed by atoms with van der Waals surface area (Å²) in [5, 5.41) is 3.35. The predicted octanol–water partition coefficient (Wildman–Crippen LogP) is 2.85. The van der Waals surface area contributed by atoms with E-state index in [0.717, 1.165) is 24.7 Å². The van der Waals surface area contributed by atoms with Crippen molar-refractivity contribution < 1.29 is 0 Å². The molecule has 0 unspecified atom stereocenters. The third-order valence-corrected chi connectivity index (χ3v) is 2.70. The Kier molecular flexibility index (Phi) is 3.97. The van der Waals surface area contributed by atoms with E-state index in [0.29, 0.717) is 5.92 Å². The smallest absolute Gasteiger partial charge is 0.203 e. The summed E-state index contributed by atoms with van der Waals surface area (Å²) < 4.78 is 2.15. The molecule has 0 bridgehead atoms. The van der Waals surface area contributed by atoms with Crippen molar-refractivity contribution in [3.05, 3.63) is 42.0 Å². The standard InChI is InChI=1S/C14H20N4/c1-11(2)10-18-7-6-15-14(18)17-9-13-5-4-12(3)16-8-13/h4-8,11H,9-10H2,1-3H3,(H,15,17). The highest BCUT2D eigenvalue weighted by atomic mass is 15.2. The Bertz CT molecular complexity index is 485. The minimum Gasteiger partial charge on any atom is -0.352 e. The summed E-state index contributed by atoms with van der Waals surface area (Å²) in [6, 6.07) is 4.11. The van der Waals surface area contributed by atoms with E-state index < -0.39 is 0 Å².